The number of unbranched alkanes of at least 4 members (excludes halogenated alkanes) is 1. The van der Waals surface area contributed by atoms with Crippen molar-refractivity contribution in [2.45, 2.75) is 76.7 Å². The van der Waals surface area contributed by atoms with E-state index in [4.69, 9.17) is 11.5 Å². The fraction of sp³-hybridized carbons (Fsp3) is 0.789. The van der Waals surface area contributed by atoms with Gasteiger partial charge in [-0.25, -0.2) is 4.79 Å². The molecule has 0 radical (unpaired) electrons. The topological polar surface area (TPSA) is 217 Å². The van der Waals surface area contributed by atoms with Crippen LogP contribution in [0.3, 0.4) is 0 Å². The molecule has 12 heteroatoms. The molecule has 0 saturated heterocycles. The molecule has 0 aromatic heterocycles. The third-order valence-corrected chi connectivity index (χ3v) is 5.00. The number of aliphatic hydroxyl groups is 2. The van der Waals surface area contributed by atoms with Crippen LogP contribution in [0.2, 0.25) is 0 Å². The van der Waals surface area contributed by atoms with Crippen molar-refractivity contribution in [3.05, 3.63) is 0 Å². The normalized spacial score (nSPS) is 16.9. The van der Waals surface area contributed by atoms with Gasteiger partial charge in [0, 0.05) is 0 Å². The van der Waals surface area contributed by atoms with Gasteiger partial charge in [-0.1, -0.05) is 20.3 Å². The maximum absolute atomic E-state index is 12.5. The fourth-order valence-corrected chi connectivity index (χ4v) is 2.65. The van der Waals surface area contributed by atoms with Crippen molar-refractivity contribution in [1.82, 2.24) is 16.0 Å². The van der Waals surface area contributed by atoms with Crippen LogP contribution in [0, 0.1) is 5.92 Å². The van der Waals surface area contributed by atoms with Gasteiger partial charge < -0.3 is 42.7 Å². The Kier molecular flexibility index (Phi) is 13.6. The summed E-state index contributed by atoms with van der Waals surface area (Å²) in [6, 6.07) is -5.03. The zero-order valence-corrected chi connectivity index (χ0v) is 18.3. The largest absolute Gasteiger partial charge is 0.480 e. The number of nitrogens with two attached hydrogens (primary N) is 2. The Morgan fingerprint density at radius 2 is 1.52 bits per heavy atom. The van der Waals surface area contributed by atoms with Gasteiger partial charge >= 0.3 is 5.97 Å². The van der Waals surface area contributed by atoms with E-state index in [9.17, 15) is 34.5 Å². The van der Waals surface area contributed by atoms with Crippen molar-refractivity contribution in [1.29, 1.82) is 0 Å². The van der Waals surface area contributed by atoms with Gasteiger partial charge in [0.25, 0.3) is 0 Å². The molecule has 3 amide bonds. The highest BCUT2D eigenvalue weighted by atomic mass is 16.4. The van der Waals surface area contributed by atoms with Gasteiger partial charge in [-0.3, -0.25) is 14.4 Å². The summed E-state index contributed by atoms with van der Waals surface area (Å²) in [5.74, 6) is -3.91. The Bertz CT molecular complexity index is 602. The molecule has 10 N–H and O–H groups in total. The first kappa shape index (κ1) is 28.7. The number of hydrogen-bond donors (Lipinski definition) is 8. The first-order chi connectivity index (χ1) is 14.5. The van der Waals surface area contributed by atoms with Crippen LogP contribution in [0.1, 0.15) is 46.5 Å². The molecule has 31 heavy (non-hydrogen) atoms. The lowest BCUT2D eigenvalue weighted by Gasteiger charge is -2.26. The second-order valence-corrected chi connectivity index (χ2v) is 7.57. The lowest BCUT2D eigenvalue weighted by atomic mass is 9.99. The molecular weight excluding hydrogens is 410 g/mol. The lowest BCUT2D eigenvalue weighted by molar-refractivity contribution is -0.143. The summed E-state index contributed by atoms with van der Waals surface area (Å²) in [5.41, 5.74) is 11.2. The summed E-state index contributed by atoms with van der Waals surface area (Å²) >= 11 is 0. The van der Waals surface area contributed by atoms with Crippen LogP contribution in [0.4, 0.5) is 0 Å². The number of carbonyl (C=O) groups is 4. The molecule has 0 aromatic rings. The van der Waals surface area contributed by atoms with Crippen molar-refractivity contribution in [3.8, 4) is 0 Å². The highest BCUT2D eigenvalue weighted by molar-refractivity contribution is 5.94. The molecule has 6 unspecified atom stereocenters. The van der Waals surface area contributed by atoms with Gasteiger partial charge in [0.1, 0.15) is 18.1 Å². The summed E-state index contributed by atoms with van der Waals surface area (Å²) in [7, 11) is 0. The molecule has 0 aliphatic carbocycles. The number of carbonyl (C=O) groups excluding carboxylic acids is 3. The van der Waals surface area contributed by atoms with E-state index in [2.05, 4.69) is 16.0 Å². The predicted molar refractivity (Wildman–Crippen MR) is 113 cm³/mol. The van der Waals surface area contributed by atoms with Gasteiger partial charge in [-0.15, -0.1) is 0 Å². The zero-order valence-electron chi connectivity index (χ0n) is 18.3. The lowest BCUT2D eigenvalue weighted by Crippen LogP contribution is -2.60. The van der Waals surface area contributed by atoms with Crippen molar-refractivity contribution >= 4 is 23.7 Å². The second-order valence-electron chi connectivity index (χ2n) is 7.57. The summed E-state index contributed by atoms with van der Waals surface area (Å²) < 4.78 is 0. The van der Waals surface area contributed by atoms with E-state index in [1.807, 2.05) is 6.92 Å². The average molecular weight is 448 g/mol. The van der Waals surface area contributed by atoms with Crippen LogP contribution < -0.4 is 27.4 Å². The number of rotatable bonds is 15. The standard InChI is InChI=1S/C19H37N5O7/c1-4-10(2)14(21)17(28)23-13(9-25)16(27)24-15(11(3)26)18(29)22-12(19(30)31)7-5-6-8-20/h10-15,25-26H,4-9,20-21H2,1-3H3,(H,22,29)(H,23,28)(H,24,27)(H,30,31). The number of amides is 3. The zero-order chi connectivity index (χ0) is 24.1. The summed E-state index contributed by atoms with van der Waals surface area (Å²) in [4.78, 5) is 48.5. The third-order valence-electron chi connectivity index (χ3n) is 5.00. The molecular formula is C19H37N5O7. The molecule has 0 fully saturated rings. The molecule has 12 nitrogen and oxygen atoms in total. The highest BCUT2D eigenvalue weighted by Gasteiger charge is 2.32. The SMILES string of the molecule is CCC(C)C(N)C(=O)NC(CO)C(=O)NC(C(=O)NC(CCCCN)C(=O)O)C(C)O. The Balaban J connectivity index is 5.15. The molecule has 0 heterocycles. The number of hydrogen-bond acceptors (Lipinski definition) is 8. The maximum atomic E-state index is 12.5. The Morgan fingerprint density at radius 3 is 1.97 bits per heavy atom. The van der Waals surface area contributed by atoms with Crippen molar-refractivity contribution in [3.63, 3.8) is 0 Å². The summed E-state index contributed by atoms with van der Waals surface area (Å²) in [6.07, 6.45) is 0.424. The molecule has 0 spiro atoms. The molecule has 0 aromatic carbocycles. The van der Waals surface area contributed by atoms with E-state index in [0.717, 1.165) is 0 Å². The quantitative estimate of drug-likeness (QED) is 0.123. The maximum Gasteiger partial charge on any atom is 0.326 e. The van der Waals surface area contributed by atoms with Crippen molar-refractivity contribution < 1.29 is 34.5 Å². The minimum atomic E-state index is -1.50. The van der Waals surface area contributed by atoms with E-state index in [1.165, 1.54) is 6.92 Å². The van der Waals surface area contributed by atoms with Crippen LogP contribution in [0.5, 0.6) is 0 Å². The van der Waals surface area contributed by atoms with Gasteiger partial charge in [0.2, 0.25) is 17.7 Å². The molecule has 6 atom stereocenters. The first-order valence-corrected chi connectivity index (χ1v) is 10.4. The van der Waals surface area contributed by atoms with E-state index in [-0.39, 0.29) is 12.3 Å². The van der Waals surface area contributed by atoms with Crippen molar-refractivity contribution in [2.24, 2.45) is 17.4 Å². The smallest absolute Gasteiger partial charge is 0.326 e. The van der Waals surface area contributed by atoms with Crippen LogP contribution >= 0.6 is 0 Å². The Hall–Kier alpha value is -2.28. The third kappa shape index (κ3) is 10.0. The Morgan fingerprint density at radius 1 is 0.935 bits per heavy atom. The van der Waals surface area contributed by atoms with E-state index >= 15 is 0 Å². The molecule has 0 saturated carbocycles. The average Bonchev–Trinajstić information content (AvgIpc) is 2.72. The van der Waals surface area contributed by atoms with E-state index in [1.54, 1.807) is 6.92 Å². The monoisotopic (exact) mass is 447 g/mol. The highest BCUT2D eigenvalue weighted by Crippen LogP contribution is 2.06. The number of carboxylic acids is 1. The number of aliphatic carboxylic acids is 1. The number of carboxylic acid groups (broad SMARTS) is 1. The van der Waals surface area contributed by atoms with Crippen molar-refractivity contribution in [2.75, 3.05) is 13.2 Å². The second kappa shape index (κ2) is 14.7. The van der Waals surface area contributed by atoms with Gasteiger partial charge in [-0.05, 0) is 38.6 Å². The molecule has 0 bridgehead atoms. The van der Waals surface area contributed by atoms with Crippen LogP contribution in [0.25, 0.3) is 0 Å². The van der Waals surface area contributed by atoms with Crippen LogP contribution in [0.15, 0.2) is 0 Å². The van der Waals surface area contributed by atoms with Crippen LogP contribution in [-0.2, 0) is 19.2 Å². The molecule has 0 aliphatic rings. The predicted octanol–water partition coefficient (Wildman–Crippen LogP) is -2.60. The Labute approximate surface area is 182 Å². The van der Waals surface area contributed by atoms with E-state index < -0.39 is 60.6 Å². The number of aliphatic hydroxyl groups excluding tert-OH is 2. The minimum absolute atomic E-state index is 0.127. The van der Waals surface area contributed by atoms with Gasteiger partial charge in [0.05, 0.1) is 18.8 Å². The number of nitrogens with one attached hydrogen (secondary N) is 3. The first-order valence-electron chi connectivity index (χ1n) is 10.4. The van der Waals surface area contributed by atoms with E-state index in [0.29, 0.717) is 25.8 Å². The summed E-state index contributed by atoms with van der Waals surface area (Å²) in [5, 5.41) is 35.5. The fourth-order valence-electron chi connectivity index (χ4n) is 2.65. The molecule has 180 valence electrons. The van der Waals surface area contributed by atoms with Gasteiger partial charge in [0.15, 0.2) is 0 Å². The molecule has 0 aliphatic heterocycles. The molecule has 0 rings (SSSR count). The van der Waals surface area contributed by atoms with Gasteiger partial charge in [-0.2, -0.15) is 0 Å². The minimum Gasteiger partial charge on any atom is -0.480 e. The summed E-state index contributed by atoms with van der Waals surface area (Å²) in [6.45, 7) is 4.45. The van der Waals surface area contributed by atoms with Crippen LogP contribution in [-0.4, -0.2) is 82.4 Å².